The van der Waals surface area contributed by atoms with Crippen molar-refractivity contribution in [3.8, 4) is 0 Å². The zero-order valence-electron chi connectivity index (χ0n) is 10.7. The maximum absolute atomic E-state index is 10.9. The van der Waals surface area contributed by atoms with Crippen LogP contribution >= 0.6 is 0 Å². The van der Waals surface area contributed by atoms with Crippen molar-refractivity contribution in [2.75, 3.05) is 11.1 Å². The second-order valence-corrected chi connectivity index (χ2v) is 4.26. The molecule has 6 nitrogen and oxygen atoms in total. The molecule has 0 aliphatic carbocycles. The molecule has 0 atom stereocenters. The van der Waals surface area contributed by atoms with Gasteiger partial charge in [0.25, 0.3) is 0 Å². The van der Waals surface area contributed by atoms with Gasteiger partial charge in [-0.05, 0) is 32.0 Å². The minimum Gasteiger partial charge on any atom is -0.478 e. The number of anilines is 2. The summed E-state index contributed by atoms with van der Waals surface area (Å²) in [6, 6.07) is 4.55. The van der Waals surface area contributed by atoms with Gasteiger partial charge in [-0.25, -0.2) is 4.79 Å². The number of nitrogen functional groups attached to an aromatic ring is 1. The number of aromatic carboxylic acids is 1. The molecule has 100 valence electrons. The lowest BCUT2D eigenvalue weighted by Crippen LogP contribution is -2.06. The van der Waals surface area contributed by atoms with E-state index in [1.165, 1.54) is 12.1 Å². The quantitative estimate of drug-likeness (QED) is 0.729. The van der Waals surface area contributed by atoms with Gasteiger partial charge in [0.15, 0.2) is 0 Å². The van der Waals surface area contributed by atoms with Crippen LogP contribution in [0, 0.1) is 13.8 Å². The Morgan fingerprint density at radius 3 is 2.79 bits per heavy atom. The molecule has 0 radical (unpaired) electrons. The molecule has 0 saturated carbocycles. The van der Waals surface area contributed by atoms with Crippen LogP contribution in [0.1, 0.15) is 27.4 Å². The van der Waals surface area contributed by atoms with E-state index in [1.54, 1.807) is 6.07 Å². The first-order chi connectivity index (χ1) is 8.99. The average Bonchev–Trinajstić information content (AvgIpc) is 2.68. The number of aryl methyl sites for hydroxylation is 2. The fraction of sp³-hybridized carbons (Fsp3) is 0.231. The summed E-state index contributed by atoms with van der Waals surface area (Å²) in [7, 11) is 0. The van der Waals surface area contributed by atoms with E-state index in [0.29, 0.717) is 17.9 Å². The van der Waals surface area contributed by atoms with Gasteiger partial charge in [-0.3, -0.25) is 0 Å². The summed E-state index contributed by atoms with van der Waals surface area (Å²) in [6.45, 7) is 4.16. The van der Waals surface area contributed by atoms with Crippen LogP contribution in [0.25, 0.3) is 0 Å². The van der Waals surface area contributed by atoms with E-state index in [9.17, 15) is 4.79 Å². The molecule has 0 spiro atoms. The third-order valence-corrected chi connectivity index (χ3v) is 2.94. The molecule has 0 saturated heterocycles. The maximum Gasteiger partial charge on any atom is 0.335 e. The van der Waals surface area contributed by atoms with E-state index >= 15 is 0 Å². The predicted molar refractivity (Wildman–Crippen MR) is 71.1 cm³/mol. The summed E-state index contributed by atoms with van der Waals surface area (Å²) < 4.78 is 5.06. The Bertz CT molecular complexity index is 600. The molecule has 4 N–H and O–H groups in total. The Balaban J connectivity index is 2.20. The second kappa shape index (κ2) is 5.01. The van der Waals surface area contributed by atoms with E-state index in [2.05, 4.69) is 10.5 Å². The van der Waals surface area contributed by atoms with Crippen molar-refractivity contribution in [2.24, 2.45) is 0 Å². The average molecular weight is 261 g/mol. The van der Waals surface area contributed by atoms with Crippen LogP contribution in [0.3, 0.4) is 0 Å². The number of nitrogens with zero attached hydrogens (tertiary/aromatic N) is 1. The Hall–Kier alpha value is -2.50. The first-order valence-corrected chi connectivity index (χ1v) is 5.77. The summed E-state index contributed by atoms with van der Waals surface area (Å²) in [5.41, 5.74) is 8.83. The normalized spacial score (nSPS) is 10.4. The van der Waals surface area contributed by atoms with Gasteiger partial charge in [-0.2, -0.15) is 0 Å². The molecule has 1 aromatic heterocycles. The third-order valence-electron chi connectivity index (χ3n) is 2.94. The molecular formula is C13H15N3O3. The van der Waals surface area contributed by atoms with Gasteiger partial charge in [-0.1, -0.05) is 5.16 Å². The molecule has 1 aromatic carbocycles. The van der Waals surface area contributed by atoms with Crippen LogP contribution in [0.15, 0.2) is 22.7 Å². The highest BCUT2D eigenvalue weighted by Gasteiger charge is 2.10. The van der Waals surface area contributed by atoms with Crippen LogP contribution in [-0.2, 0) is 6.54 Å². The van der Waals surface area contributed by atoms with Crippen LogP contribution in [-0.4, -0.2) is 16.2 Å². The number of hydrogen-bond donors (Lipinski definition) is 3. The van der Waals surface area contributed by atoms with Gasteiger partial charge in [0, 0.05) is 12.1 Å². The van der Waals surface area contributed by atoms with Crippen molar-refractivity contribution in [1.29, 1.82) is 0 Å². The topological polar surface area (TPSA) is 101 Å². The first-order valence-electron chi connectivity index (χ1n) is 5.77. The number of hydrogen-bond acceptors (Lipinski definition) is 5. The van der Waals surface area contributed by atoms with Crippen molar-refractivity contribution >= 4 is 17.3 Å². The minimum atomic E-state index is -0.986. The van der Waals surface area contributed by atoms with E-state index in [0.717, 1.165) is 17.0 Å². The number of carboxylic acids is 1. The van der Waals surface area contributed by atoms with Crippen molar-refractivity contribution in [3.05, 3.63) is 40.8 Å². The lowest BCUT2D eigenvalue weighted by molar-refractivity contribution is 0.0697. The fourth-order valence-corrected chi connectivity index (χ4v) is 1.78. The molecule has 2 aromatic rings. The summed E-state index contributed by atoms with van der Waals surface area (Å²) in [6.07, 6.45) is 0. The van der Waals surface area contributed by atoms with Gasteiger partial charge >= 0.3 is 5.97 Å². The van der Waals surface area contributed by atoms with Gasteiger partial charge < -0.3 is 20.7 Å². The number of nitrogens with two attached hydrogens (primary N) is 1. The predicted octanol–water partition coefficient (Wildman–Crippen LogP) is 2.18. The lowest BCUT2D eigenvalue weighted by atomic mass is 10.1. The van der Waals surface area contributed by atoms with E-state index < -0.39 is 5.97 Å². The second-order valence-electron chi connectivity index (χ2n) is 4.26. The molecule has 0 bridgehead atoms. The molecule has 0 unspecified atom stereocenters. The first kappa shape index (κ1) is 12.9. The largest absolute Gasteiger partial charge is 0.478 e. The highest BCUT2D eigenvalue weighted by molar-refractivity contribution is 5.90. The molecule has 0 fully saturated rings. The number of aromatic nitrogens is 1. The zero-order chi connectivity index (χ0) is 14.0. The zero-order valence-corrected chi connectivity index (χ0v) is 10.7. The third kappa shape index (κ3) is 2.67. The number of carboxylic acid groups (broad SMARTS) is 1. The maximum atomic E-state index is 10.9. The number of benzene rings is 1. The van der Waals surface area contributed by atoms with Crippen molar-refractivity contribution < 1.29 is 14.4 Å². The van der Waals surface area contributed by atoms with Gasteiger partial charge in [-0.15, -0.1) is 0 Å². The summed E-state index contributed by atoms with van der Waals surface area (Å²) in [4.78, 5) is 10.9. The van der Waals surface area contributed by atoms with Gasteiger partial charge in [0.1, 0.15) is 5.76 Å². The van der Waals surface area contributed by atoms with E-state index in [1.807, 2.05) is 13.8 Å². The molecule has 2 rings (SSSR count). The standard InChI is InChI=1S/C13H15N3O3/c1-7-10(8(2)19-16-7)6-15-12-5-9(13(17)18)3-4-11(12)14/h3-5,15H,6,14H2,1-2H3,(H,17,18). The van der Waals surface area contributed by atoms with Gasteiger partial charge in [0.2, 0.25) is 0 Å². The number of carbonyl (C=O) groups is 1. The summed E-state index contributed by atoms with van der Waals surface area (Å²) in [5.74, 6) is -0.252. The SMILES string of the molecule is Cc1noc(C)c1CNc1cc(C(=O)O)ccc1N. The van der Waals surface area contributed by atoms with Crippen LogP contribution in [0.5, 0.6) is 0 Å². The highest BCUT2D eigenvalue weighted by Crippen LogP contribution is 2.22. The Kier molecular flexibility index (Phi) is 3.41. The molecular weight excluding hydrogens is 246 g/mol. The Labute approximate surface area is 110 Å². The van der Waals surface area contributed by atoms with E-state index in [4.69, 9.17) is 15.4 Å². The minimum absolute atomic E-state index is 0.190. The van der Waals surface area contributed by atoms with Gasteiger partial charge in [0.05, 0.1) is 22.6 Å². The monoisotopic (exact) mass is 261 g/mol. The van der Waals surface area contributed by atoms with Crippen LogP contribution < -0.4 is 11.1 Å². The molecule has 6 heteroatoms. The summed E-state index contributed by atoms with van der Waals surface area (Å²) in [5, 5.41) is 15.9. The Morgan fingerprint density at radius 2 is 2.21 bits per heavy atom. The van der Waals surface area contributed by atoms with Crippen molar-refractivity contribution in [3.63, 3.8) is 0 Å². The molecule has 0 amide bonds. The molecule has 0 aliphatic heterocycles. The highest BCUT2D eigenvalue weighted by atomic mass is 16.5. The van der Waals surface area contributed by atoms with Crippen LogP contribution in [0.4, 0.5) is 11.4 Å². The fourth-order valence-electron chi connectivity index (χ4n) is 1.78. The smallest absolute Gasteiger partial charge is 0.335 e. The molecule has 1 heterocycles. The van der Waals surface area contributed by atoms with Crippen molar-refractivity contribution in [2.45, 2.75) is 20.4 Å². The molecule has 19 heavy (non-hydrogen) atoms. The Morgan fingerprint density at radius 1 is 1.47 bits per heavy atom. The molecule has 0 aliphatic rings. The van der Waals surface area contributed by atoms with E-state index in [-0.39, 0.29) is 5.56 Å². The van der Waals surface area contributed by atoms with Crippen molar-refractivity contribution in [1.82, 2.24) is 5.16 Å². The van der Waals surface area contributed by atoms with Crippen LogP contribution in [0.2, 0.25) is 0 Å². The number of nitrogens with one attached hydrogen (secondary N) is 1. The summed E-state index contributed by atoms with van der Waals surface area (Å²) >= 11 is 0. The lowest BCUT2D eigenvalue weighted by Gasteiger charge is -2.10. The number of rotatable bonds is 4.